The molecule has 1 aromatic carbocycles. The maximum Gasteiger partial charge on any atom is 0.338 e. The van der Waals surface area contributed by atoms with Crippen molar-refractivity contribution in [3.05, 3.63) is 111 Å². The molecule has 49 heavy (non-hydrogen) atoms. The highest BCUT2D eigenvalue weighted by atomic mass is 28.3. The highest BCUT2D eigenvalue weighted by Gasteiger charge is 2.17. The van der Waals surface area contributed by atoms with Crippen LogP contribution in [0, 0.1) is 73.1 Å². The molecule has 2 aromatic heterocycles. The predicted octanol–water partition coefficient (Wildman–Crippen LogP) is -0.174. The first-order chi connectivity index (χ1) is 23.4. The Labute approximate surface area is 284 Å². The topological polar surface area (TPSA) is 132 Å². The summed E-state index contributed by atoms with van der Waals surface area (Å²) < 4.78 is 4.89. The van der Waals surface area contributed by atoms with Crippen LogP contribution in [0.1, 0.15) is 5.56 Å². The van der Waals surface area contributed by atoms with Crippen molar-refractivity contribution in [3.63, 3.8) is 0 Å². The second-order valence-electron chi connectivity index (χ2n) is 10.9. The molecule has 0 unspecified atom stereocenters. The fourth-order valence-electron chi connectivity index (χ4n) is 4.18. The second kappa shape index (κ2) is 18.5. The largest absolute Gasteiger partial charge is 0.338 e. The lowest BCUT2D eigenvalue weighted by Gasteiger charge is -2.16. The first kappa shape index (κ1) is 38.5. The van der Waals surface area contributed by atoms with Crippen molar-refractivity contribution in [1.82, 2.24) is 27.4 Å². The van der Waals surface area contributed by atoms with Gasteiger partial charge in [0.25, 0.3) is 0 Å². The summed E-state index contributed by atoms with van der Waals surface area (Å²) >= 11 is 0. The van der Waals surface area contributed by atoms with E-state index in [-0.39, 0.29) is 39.3 Å². The summed E-state index contributed by atoms with van der Waals surface area (Å²) in [6.07, 6.45) is 22.6. The van der Waals surface area contributed by atoms with E-state index in [1.807, 2.05) is 24.3 Å². The molecule has 3 rings (SSSR count). The van der Waals surface area contributed by atoms with Gasteiger partial charge < -0.3 is 0 Å². The van der Waals surface area contributed by atoms with Crippen LogP contribution >= 0.6 is 0 Å². The van der Waals surface area contributed by atoms with Crippen LogP contribution < -0.4 is 34.1 Å². The maximum absolute atomic E-state index is 12.3. The zero-order valence-corrected chi connectivity index (χ0v) is 28.3. The number of rotatable bonds is 9. The lowest BCUT2D eigenvalue weighted by molar-refractivity contribution is 0.511. The van der Waals surface area contributed by atoms with Crippen LogP contribution in [-0.4, -0.2) is 35.5 Å². The van der Waals surface area contributed by atoms with Gasteiger partial charge in [-0.25, -0.2) is 56.2 Å². The molecule has 0 bridgehead atoms. The van der Waals surface area contributed by atoms with Gasteiger partial charge in [0.15, 0.2) is 0 Å². The Hall–Kier alpha value is -6.64. The Morgan fingerprint density at radius 3 is 1.27 bits per heavy atom. The molecule has 248 valence electrons. The lowest BCUT2D eigenvalue weighted by atomic mass is 10.2. The molecule has 0 atom stereocenters. The standard InChI is InChI=1S/C18H21N3O3Si.C18H13N3O3/c1-6-11-19-16(22)20(12-7-2)18(24)21(17(19)23)13-9-10-15-25(4,5)14-8-3;1-3-12-19-16(22)20(13-4-2)18(24)21(17(19)23)14-8-11-15-9-6-5-7-10-15/h1-2,8H,3,11-15H2,4-5H3;1-2,5-7,9-10H,12-14H2. The van der Waals surface area contributed by atoms with E-state index in [9.17, 15) is 28.8 Å². The minimum absolute atomic E-state index is 0.119. The van der Waals surface area contributed by atoms with E-state index >= 15 is 0 Å². The quantitative estimate of drug-likeness (QED) is 0.176. The molecule has 2 heterocycles. The van der Waals surface area contributed by atoms with Crippen molar-refractivity contribution in [2.75, 3.05) is 0 Å². The average molecular weight is 675 g/mol. The molecule has 0 aliphatic rings. The molecule has 0 fully saturated rings. The molecule has 0 saturated heterocycles. The summed E-state index contributed by atoms with van der Waals surface area (Å²) in [4.78, 5) is 73.6. The number of nitrogens with zero attached hydrogens (tertiary/aromatic N) is 6. The van der Waals surface area contributed by atoms with E-state index < -0.39 is 42.2 Å². The molecular formula is C36H34N6O6Si. The zero-order valence-electron chi connectivity index (χ0n) is 27.3. The summed E-state index contributed by atoms with van der Waals surface area (Å²) in [6.45, 7) is 6.82. The van der Waals surface area contributed by atoms with Crippen molar-refractivity contribution in [3.8, 4) is 73.1 Å². The van der Waals surface area contributed by atoms with E-state index in [2.05, 4.69) is 67.0 Å². The molecule has 0 saturated carbocycles. The molecule has 0 amide bonds. The monoisotopic (exact) mass is 674 g/mol. The van der Waals surface area contributed by atoms with Crippen molar-refractivity contribution in [2.45, 2.75) is 64.5 Å². The normalized spacial score (nSPS) is 9.84. The van der Waals surface area contributed by atoms with Gasteiger partial charge in [-0.2, -0.15) is 0 Å². The van der Waals surface area contributed by atoms with E-state index in [4.69, 9.17) is 25.7 Å². The highest BCUT2D eigenvalue weighted by molar-refractivity contribution is 6.78. The molecule has 0 spiro atoms. The fourth-order valence-corrected chi connectivity index (χ4v) is 5.71. The van der Waals surface area contributed by atoms with Gasteiger partial charge in [-0.3, -0.25) is 0 Å². The second-order valence-corrected chi connectivity index (χ2v) is 16.0. The molecular weight excluding hydrogens is 641 g/mol. The Morgan fingerprint density at radius 1 is 0.571 bits per heavy atom. The number of hydrogen-bond donors (Lipinski definition) is 0. The summed E-state index contributed by atoms with van der Waals surface area (Å²) in [5.74, 6) is 20.3. The first-order valence-electron chi connectivity index (χ1n) is 14.6. The third-order valence-electron chi connectivity index (χ3n) is 6.64. The van der Waals surface area contributed by atoms with Crippen LogP contribution in [-0.2, 0) is 39.3 Å². The number of hydrogen-bond acceptors (Lipinski definition) is 6. The Kier molecular flexibility index (Phi) is 14.5. The number of terminal acetylenes is 4. The lowest BCUT2D eigenvalue weighted by Crippen LogP contribution is -2.54. The zero-order chi connectivity index (χ0) is 36.6. The summed E-state index contributed by atoms with van der Waals surface area (Å²) in [5.41, 5.74) is -4.07. The van der Waals surface area contributed by atoms with Gasteiger partial charge in [-0.1, -0.05) is 78.8 Å². The molecule has 0 aliphatic carbocycles. The first-order valence-corrected chi connectivity index (χ1v) is 18.0. The SMILES string of the molecule is C#CCn1c(=O)n(CC#C)c(=O)n(CC#CC[Si](C)(C)CC=C)c1=O.C#CCn1c(=O)n(CC#C)c(=O)n(CC#Cc2ccccc2)c1=O. The molecule has 0 radical (unpaired) electrons. The van der Waals surface area contributed by atoms with Crippen LogP contribution in [0.15, 0.2) is 71.8 Å². The van der Waals surface area contributed by atoms with E-state index in [0.29, 0.717) is 0 Å². The van der Waals surface area contributed by atoms with E-state index in [0.717, 1.165) is 45.1 Å². The van der Waals surface area contributed by atoms with E-state index in [1.165, 1.54) is 0 Å². The molecule has 12 nitrogen and oxygen atoms in total. The summed E-state index contributed by atoms with van der Waals surface area (Å²) in [7, 11) is -1.50. The smallest absolute Gasteiger partial charge is 0.247 e. The van der Waals surface area contributed by atoms with Crippen LogP contribution in [0.4, 0.5) is 0 Å². The van der Waals surface area contributed by atoms with E-state index in [1.54, 1.807) is 12.1 Å². The van der Waals surface area contributed by atoms with Crippen molar-refractivity contribution >= 4 is 8.07 Å². The third kappa shape index (κ3) is 10.2. The fraction of sp³-hybridized carbons (Fsp3) is 0.278. The molecule has 13 heteroatoms. The van der Waals surface area contributed by atoms with Gasteiger partial charge >= 0.3 is 34.1 Å². The maximum atomic E-state index is 12.3. The van der Waals surface area contributed by atoms with Crippen LogP contribution in [0.5, 0.6) is 0 Å². The van der Waals surface area contributed by atoms with Gasteiger partial charge in [0.05, 0.1) is 47.3 Å². The number of allylic oxidation sites excluding steroid dienone is 1. The average Bonchev–Trinajstić information content (AvgIpc) is 3.07. The van der Waals surface area contributed by atoms with Gasteiger partial charge in [-0.05, 0) is 18.2 Å². The summed E-state index contributed by atoms with van der Waals surface area (Å²) in [5, 5.41) is 0. The van der Waals surface area contributed by atoms with Crippen molar-refractivity contribution in [2.24, 2.45) is 0 Å². The van der Waals surface area contributed by atoms with Gasteiger partial charge in [0.1, 0.15) is 0 Å². The summed E-state index contributed by atoms with van der Waals surface area (Å²) in [6, 6.07) is 10.7. The van der Waals surface area contributed by atoms with Gasteiger partial charge in [0, 0.05) is 11.6 Å². The highest BCUT2D eigenvalue weighted by Crippen LogP contribution is 2.14. The van der Waals surface area contributed by atoms with Crippen LogP contribution in [0.3, 0.4) is 0 Å². The Balaban J connectivity index is 0.000000340. The Morgan fingerprint density at radius 2 is 0.918 bits per heavy atom. The molecule has 0 aliphatic heterocycles. The van der Waals surface area contributed by atoms with Gasteiger partial charge in [-0.15, -0.1) is 38.2 Å². The molecule has 3 aromatic rings. The number of aromatic nitrogens is 6. The Bertz CT molecular complexity index is 2260. The third-order valence-corrected chi connectivity index (χ3v) is 9.17. The molecule has 0 N–H and O–H groups in total. The van der Waals surface area contributed by atoms with Crippen molar-refractivity contribution in [1.29, 1.82) is 0 Å². The van der Waals surface area contributed by atoms with Gasteiger partial charge in [0.2, 0.25) is 0 Å². The van der Waals surface area contributed by atoms with Crippen LogP contribution in [0.25, 0.3) is 0 Å². The number of benzene rings is 1. The minimum Gasteiger partial charge on any atom is -0.247 e. The predicted molar refractivity (Wildman–Crippen MR) is 192 cm³/mol. The van der Waals surface area contributed by atoms with Crippen molar-refractivity contribution < 1.29 is 0 Å². The van der Waals surface area contributed by atoms with Crippen LogP contribution in [0.2, 0.25) is 25.2 Å². The minimum atomic E-state index is -1.50.